The standard InChI is InChI=1S/C14H15ClN4OS/c1-21-12-3-2-8(6-10(12)15)17-14(20)13-9-7-16-5-4-11(9)18-19-13/h2-3,6,16H,4-5,7H2,1H3,(H,17,20)(H,18,19). The number of H-pyrrole nitrogens is 1. The molecule has 3 N–H and O–H groups in total. The van der Waals surface area contributed by atoms with Gasteiger partial charge in [-0.05, 0) is 24.5 Å². The number of hydrogen-bond donors (Lipinski definition) is 3. The van der Waals surface area contributed by atoms with Crippen molar-refractivity contribution in [2.45, 2.75) is 17.9 Å². The van der Waals surface area contributed by atoms with E-state index in [9.17, 15) is 4.79 Å². The fraction of sp³-hybridized carbons (Fsp3) is 0.286. The molecule has 0 saturated heterocycles. The molecule has 0 unspecified atom stereocenters. The maximum atomic E-state index is 12.3. The lowest BCUT2D eigenvalue weighted by Gasteiger charge is -2.13. The van der Waals surface area contributed by atoms with Crippen LogP contribution in [0.3, 0.4) is 0 Å². The maximum Gasteiger partial charge on any atom is 0.276 e. The summed E-state index contributed by atoms with van der Waals surface area (Å²) in [7, 11) is 0. The van der Waals surface area contributed by atoms with Gasteiger partial charge >= 0.3 is 0 Å². The van der Waals surface area contributed by atoms with Gasteiger partial charge in [-0.25, -0.2) is 0 Å². The quantitative estimate of drug-likeness (QED) is 0.760. The van der Waals surface area contributed by atoms with E-state index >= 15 is 0 Å². The Balaban J connectivity index is 1.80. The predicted molar refractivity (Wildman–Crippen MR) is 85.2 cm³/mol. The van der Waals surface area contributed by atoms with Gasteiger partial charge in [-0.15, -0.1) is 11.8 Å². The van der Waals surface area contributed by atoms with E-state index in [-0.39, 0.29) is 5.91 Å². The highest BCUT2D eigenvalue weighted by molar-refractivity contribution is 7.98. The van der Waals surface area contributed by atoms with E-state index in [1.54, 1.807) is 17.8 Å². The Bertz CT molecular complexity index is 686. The van der Waals surface area contributed by atoms with Crippen LogP contribution in [-0.2, 0) is 13.0 Å². The van der Waals surface area contributed by atoms with Gasteiger partial charge in [0.25, 0.3) is 5.91 Å². The molecule has 7 heteroatoms. The van der Waals surface area contributed by atoms with E-state index in [1.807, 2.05) is 18.4 Å². The lowest BCUT2D eigenvalue weighted by Crippen LogP contribution is -2.25. The van der Waals surface area contributed by atoms with Crippen molar-refractivity contribution < 1.29 is 4.79 Å². The average molecular weight is 323 g/mol. The molecule has 5 nitrogen and oxygen atoms in total. The first-order valence-electron chi connectivity index (χ1n) is 6.60. The third kappa shape index (κ3) is 2.92. The van der Waals surface area contributed by atoms with Gasteiger partial charge in [0.05, 0.1) is 5.02 Å². The average Bonchev–Trinajstić information content (AvgIpc) is 2.91. The van der Waals surface area contributed by atoms with Crippen molar-refractivity contribution in [3.05, 3.63) is 40.2 Å². The fourth-order valence-corrected chi connectivity index (χ4v) is 3.22. The van der Waals surface area contributed by atoms with E-state index in [0.29, 0.717) is 22.9 Å². The van der Waals surface area contributed by atoms with Crippen LogP contribution >= 0.6 is 23.4 Å². The minimum atomic E-state index is -0.218. The highest BCUT2D eigenvalue weighted by atomic mass is 35.5. The SMILES string of the molecule is CSc1ccc(NC(=O)c2n[nH]c3c2CNCC3)cc1Cl. The molecule has 0 fully saturated rings. The third-order valence-corrected chi connectivity index (χ3v) is 4.65. The molecule has 1 amide bonds. The summed E-state index contributed by atoms with van der Waals surface area (Å²) in [5.41, 5.74) is 3.10. The molecule has 0 bridgehead atoms. The Kier molecular flexibility index (Phi) is 4.19. The molecule has 2 heterocycles. The normalized spacial score (nSPS) is 13.8. The molecule has 0 atom stereocenters. The van der Waals surface area contributed by atoms with E-state index in [4.69, 9.17) is 11.6 Å². The first kappa shape index (κ1) is 14.4. The van der Waals surface area contributed by atoms with Crippen molar-refractivity contribution >= 4 is 35.0 Å². The second-order valence-electron chi connectivity index (χ2n) is 4.76. The zero-order valence-corrected chi connectivity index (χ0v) is 13.1. The Labute approximate surface area is 131 Å². The van der Waals surface area contributed by atoms with Gasteiger partial charge < -0.3 is 10.6 Å². The number of fused-ring (bicyclic) bond motifs is 1. The predicted octanol–water partition coefficient (Wildman–Crippen LogP) is 2.68. The number of carbonyl (C=O) groups is 1. The molecule has 1 aromatic heterocycles. The minimum Gasteiger partial charge on any atom is -0.321 e. The monoisotopic (exact) mass is 322 g/mol. The van der Waals surface area contributed by atoms with Crippen molar-refractivity contribution in [1.29, 1.82) is 0 Å². The summed E-state index contributed by atoms with van der Waals surface area (Å²) in [5.74, 6) is -0.218. The van der Waals surface area contributed by atoms with Crippen molar-refractivity contribution in [1.82, 2.24) is 15.5 Å². The molecule has 0 spiro atoms. The first-order valence-corrected chi connectivity index (χ1v) is 8.21. The van der Waals surface area contributed by atoms with Crippen LogP contribution in [0.25, 0.3) is 0 Å². The van der Waals surface area contributed by atoms with Crippen molar-refractivity contribution in [3.8, 4) is 0 Å². The second kappa shape index (κ2) is 6.09. The highest BCUT2D eigenvalue weighted by Gasteiger charge is 2.21. The number of nitrogens with one attached hydrogen (secondary N) is 3. The molecule has 110 valence electrons. The number of halogens is 1. The van der Waals surface area contributed by atoms with Crippen molar-refractivity contribution in [2.75, 3.05) is 18.1 Å². The van der Waals surface area contributed by atoms with Gasteiger partial charge in [0.15, 0.2) is 5.69 Å². The fourth-order valence-electron chi connectivity index (χ4n) is 2.35. The highest BCUT2D eigenvalue weighted by Crippen LogP contribution is 2.28. The molecule has 3 rings (SSSR count). The van der Waals surface area contributed by atoms with Gasteiger partial charge in [0, 0.05) is 41.4 Å². The summed E-state index contributed by atoms with van der Waals surface area (Å²) in [5, 5.41) is 13.8. The number of anilines is 1. The molecule has 2 aromatic rings. The zero-order chi connectivity index (χ0) is 14.8. The van der Waals surface area contributed by atoms with Crippen LogP contribution < -0.4 is 10.6 Å². The number of rotatable bonds is 3. The van der Waals surface area contributed by atoms with Crippen LogP contribution in [0.4, 0.5) is 5.69 Å². The molecule has 0 aliphatic carbocycles. The van der Waals surface area contributed by atoms with Gasteiger partial charge in [-0.1, -0.05) is 11.6 Å². The molecular formula is C14H15ClN4OS. The second-order valence-corrected chi connectivity index (χ2v) is 6.01. The van der Waals surface area contributed by atoms with Gasteiger partial charge in [-0.3, -0.25) is 9.89 Å². The van der Waals surface area contributed by atoms with E-state index < -0.39 is 0 Å². The smallest absolute Gasteiger partial charge is 0.276 e. The van der Waals surface area contributed by atoms with Crippen LogP contribution in [0.1, 0.15) is 21.7 Å². The summed E-state index contributed by atoms with van der Waals surface area (Å²) < 4.78 is 0. The van der Waals surface area contributed by atoms with E-state index in [0.717, 1.165) is 29.1 Å². The molecule has 1 aliphatic rings. The topological polar surface area (TPSA) is 69.8 Å². The number of benzene rings is 1. The Hall–Kier alpha value is -1.50. The lowest BCUT2D eigenvalue weighted by molar-refractivity contribution is 0.102. The summed E-state index contributed by atoms with van der Waals surface area (Å²) >= 11 is 7.72. The molecular weight excluding hydrogens is 308 g/mol. The van der Waals surface area contributed by atoms with E-state index in [1.165, 1.54) is 0 Å². The number of thioether (sulfide) groups is 1. The van der Waals surface area contributed by atoms with Gasteiger partial charge in [0.1, 0.15) is 0 Å². The Morgan fingerprint density at radius 1 is 1.48 bits per heavy atom. The molecule has 1 aromatic carbocycles. The van der Waals surface area contributed by atoms with Gasteiger partial charge in [-0.2, -0.15) is 5.10 Å². The molecule has 0 radical (unpaired) electrons. The minimum absolute atomic E-state index is 0.218. The number of aromatic nitrogens is 2. The lowest BCUT2D eigenvalue weighted by atomic mass is 10.1. The number of nitrogens with zero attached hydrogens (tertiary/aromatic N) is 1. The zero-order valence-electron chi connectivity index (χ0n) is 11.5. The number of carbonyl (C=O) groups excluding carboxylic acids is 1. The molecule has 21 heavy (non-hydrogen) atoms. The molecule has 1 aliphatic heterocycles. The van der Waals surface area contributed by atoms with Crippen LogP contribution in [0.15, 0.2) is 23.1 Å². The number of aromatic amines is 1. The van der Waals surface area contributed by atoms with Gasteiger partial charge in [0.2, 0.25) is 0 Å². The first-order chi connectivity index (χ1) is 10.2. The third-order valence-electron chi connectivity index (χ3n) is 3.43. The Morgan fingerprint density at radius 2 is 2.33 bits per heavy atom. The van der Waals surface area contributed by atoms with E-state index in [2.05, 4.69) is 20.8 Å². The van der Waals surface area contributed by atoms with Crippen LogP contribution in [-0.4, -0.2) is 28.9 Å². The van der Waals surface area contributed by atoms with Crippen molar-refractivity contribution in [3.63, 3.8) is 0 Å². The summed E-state index contributed by atoms with van der Waals surface area (Å²) in [4.78, 5) is 13.3. The van der Waals surface area contributed by atoms with Crippen LogP contribution in [0, 0.1) is 0 Å². The number of hydrogen-bond acceptors (Lipinski definition) is 4. The summed E-state index contributed by atoms with van der Waals surface area (Å²) in [6.45, 7) is 1.57. The Morgan fingerprint density at radius 3 is 3.10 bits per heavy atom. The van der Waals surface area contributed by atoms with Crippen molar-refractivity contribution in [2.24, 2.45) is 0 Å². The maximum absolute atomic E-state index is 12.3. The largest absolute Gasteiger partial charge is 0.321 e. The molecule has 0 saturated carbocycles. The summed E-state index contributed by atoms with van der Waals surface area (Å²) in [6.07, 6.45) is 2.83. The number of amides is 1. The van der Waals surface area contributed by atoms with Crippen LogP contribution in [0.2, 0.25) is 5.02 Å². The van der Waals surface area contributed by atoms with Crippen LogP contribution in [0.5, 0.6) is 0 Å². The summed E-state index contributed by atoms with van der Waals surface area (Å²) in [6, 6.07) is 5.49.